The van der Waals surface area contributed by atoms with Crippen LogP contribution in [0, 0.1) is 0 Å². The molecule has 0 N–H and O–H groups in total. The standard InChI is InChI=1S/C15H21Br3O/c1-14(2,19-3)7-8-15(10-16,11-17)12-5-4-6-13(18)9-12/h4-6,9H,7-8,10-11H2,1-3H3. The number of halogens is 3. The largest absolute Gasteiger partial charge is 0.379 e. The van der Waals surface area contributed by atoms with Crippen molar-refractivity contribution in [2.45, 2.75) is 37.7 Å². The number of hydrogen-bond acceptors (Lipinski definition) is 1. The lowest BCUT2D eigenvalue weighted by atomic mass is 9.78. The van der Waals surface area contributed by atoms with Gasteiger partial charge in [0.2, 0.25) is 0 Å². The number of methoxy groups -OCH3 is 1. The highest BCUT2D eigenvalue weighted by molar-refractivity contribution is 9.10. The number of benzene rings is 1. The van der Waals surface area contributed by atoms with Gasteiger partial charge in [-0.05, 0) is 44.4 Å². The summed E-state index contributed by atoms with van der Waals surface area (Å²) in [6, 6.07) is 8.58. The van der Waals surface area contributed by atoms with Crippen LogP contribution < -0.4 is 0 Å². The van der Waals surface area contributed by atoms with Gasteiger partial charge in [0.25, 0.3) is 0 Å². The fourth-order valence-corrected chi connectivity index (χ4v) is 4.46. The molecule has 0 saturated carbocycles. The van der Waals surface area contributed by atoms with E-state index in [0.717, 1.165) is 28.0 Å². The Morgan fingerprint density at radius 3 is 2.21 bits per heavy atom. The molecule has 0 aliphatic carbocycles. The van der Waals surface area contributed by atoms with E-state index in [1.165, 1.54) is 5.56 Å². The Kier molecular flexibility index (Phi) is 7.05. The Labute approximate surface area is 141 Å². The third-order valence-electron chi connectivity index (χ3n) is 3.71. The quantitative estimate of drug-likeness (QED) is 0.479. The molecule has 0 heterocycles. The second-order valence-corrected chi connectivity index (χ2v) is 7.56. The molecule has 0 bridgehead atoms. The summed E-state index contributed by atoms with van der Waals surface area (Å²) in [6.07, 6.45) is 2.09. The van der Waals surface area contributed by atoms with E-state index < -0.39 is 0 Å². The zero-order valence-electron chi connectivity index (χ0n) is 11.7. The minimum atomic E-state index is -0.0817. The first kappa shape index (κ1) is 17.7. The summed E-state index contributed by atoms with van der Waals surface area (Å²) in [5, 5.41) is 1.86. The van der Waals surface area contributed by atoms with Crippen LogP contribution in [0.3, 0.4) is 0 Å². The summed E-state index contributed by atoms with van der Waals surface area (Å²) < 4.78 is 6.67. The Hall–Kier alpha value is 0.620. The van der Waals surface area contributed by atoms with Gasteiger partial charge in [0.15, 0.2) is 0 Å². The van der Waals surface area contributed by atoms with Crippen LogP contribution in [-0.2, 0) is 10.2 Å². The fourth-order valence-electron chi connectivity index (χ4n) is 1.93. The molecular formula is C15H21Br3O. The van der Waals surface area contributed by atoms with E-state index in [4.69, 9.17) is 4.74 Å². The molecule has 0 aliphatic heterocycles. The maximum Gasteiger partial charge on any atom is 0.0623 e. The van der Waals surface area contributed by atoms with Gasteiger partial charge >= 0.3 is 0 Å². The van der Waals surface area contributed by atoms with E-state index in [-0.39, 0.29) is 11.0 Å². The molecule has 0 saturated heterocycles. The summed E-state index contributed by atoms with van der Waals surface area (Å²) in [6.45, 7) is 4.28. The summed E-state index contributed by atoms with van der Waals surface area (Å²) in [4.78, 5) is 0. The highest BCUT2D eigenvalue weighted by Gasteiger charge is 2.32. The predicted octanol–water partition coefficient (Wildman–Crippen LogP) is 5.68. The second kappa shape index (κ2) is 7.58. The SMILES string of the molecule is COC(C)(C)CCC(CBr)(CBr)c1cccc(Br)c1. The number of hydrogen-bond donors (Lipinski definition) is 0. The van der Waals surface area contributed by atoms with Crippen LogP contribution in [0.5, 0.6) is 0 Å². The molecule has 0 aromatic heterocycles. The Bertz CT molecular complexity index is 400. The Morgan fingerprint density at radius 2 is 1.74 bits per heavy atom. The van der Waals surface area contributed by atoms with Crippen molar-refractivity contribution >= 4 is 47.8 Å². The van der Waals surface area contributed by atoms with Crippen LogP contribution in [0.1, 0.15) is 32.3 Å². The van der Waals surface area contributed by atoms with Crippen molar-refractivity contribution in [2.75, 3.05) is 17.8 Å². The number of rotatable bonds is 7. The maximum atomic E-state index is 5.54. The van der Waals surface area contributed by atoms with Gasteiger partial charge in [0.05, 0.1) is 5.60 Å². The zero-order valence-corrected chi connectivity index (χ0v) is 16.4. The van der Waals surface area contributed by atoms with E-state index in [1.54, 1.807) is 7.11 Å². The highest BCUT2D eigenvalue weighted by atomic mass is 79.9. The molecule has 1 aromatic rings. The Morgan fingerprint density at radius 1 is 1.11 bits per heavy atom. The third kappa shape index (κ3) is 4.83. The molecular weight excluding hydrogens is 436 g/mol. The Balaban J connectivity index is 2.97. The first-order valence-electron chi connectivity index (χ1n) is 6.32. The molecule has 0 fully saturated rings. The van der Waals surface area contributed by atoms with E-state index in [9.17, 15) is 0 Å². The van der Waals surface area contributed by atoms with Crippen LogP contribution in [0.2, 0.25) is 0 Å². The number of ether oxygens (including phenoxy) is 1. The lowest BCUT2D eigenvalue weighted by molar-refractivity contribution is 0.0102. The van der Waals surface area contributed by atoms with Crippen molar-refractivity contribution in [3.63, 3.8) is 0 Å². The van der Waals surface area contributed by atoms with Gasteiger partial charge in [-0.15, -0.1) is 0 Å². The second-order valence-electron chi connectivity index (χ2n) is 5.52. The van der Waals surface area contributed by atoms with Crippen molar-refractivity contribution in [1.82, 2.24) is 0 Å². The summed E-state index contributed by atoms with van der Waals surface area (Å²) in [5.41, 5.74) is 1.36. The topological polar surface area (TPSA) is 9.23 Å². The van der Waals surface area contributed by atoms with Gasteiger partial charge in [-0.25, -0.2) is 0 Å². The average Bonchev–Trinajstić information content (AvgIpc) is 2.41. The van der Waals surface area contributed by atoms with E-state index in [0.29, 0.717) is 0 Å². The summed E-state index contributed by atoms with van der Waals surface area (Å²) in [7, 11) is 1.78. The van der Waals surface area contributed by atoms with Crippen molar-refractivity contribution in [3.8, 4) is 0 Å². The van der Waals surface area contributed by atoms with Crippen LogP contribution in [0.25, 0.3) is 0 Å². The minimum absolute atomic E-state index is 0.0817. The third-order valence-corrected chi connectivity index (χ3v) is 6.35. The molecule has 0 radical (unpaired) electrons. The fraction of sp³-hybridized carbons (Fsp3) is 0.600. The molecule has 1 aromatic carbocycles. The smallest absolute Gasteiger partial charge is 0.0623 e. The lowest BCUT2D eigenvalue weighted by Crippen LogP contribution is -2.34. The van der Waals surface area contributed by atoms with Crippen LogP contribution in [-0.4, -0.2) is 23.4 Å². The first-order valence-corrected chi connectivity index (χ1v) is 9.36. The van der Waals surface area contributed by atoms with Gasteiger partial charge < -0.3 is 4.74 Å². The van der Waals surface area contributed by atoms with Crippen LogP contribution in [0.15, 0.2) is 28.7 Å². The van der Waals surface area contributed by atoms with E-state index >= 15 is 0 Å². The van der Waals surface area contributed by atoms with Gasteiger partial charge in [-0.1, -0.05) is 59.9 Å². The monoisotopic (exact) mass is 454 g/mol. The summed E-state index contributed by atoms with van der Waals surface area (Å²) >= 11 is 11.0. The maximum absolute atomic E-state index is 5.54. The van der Waals surface area contributed by atoms with Crippen molar-refractivity contribution in [1.29, 1.82) is 0 Å². The van der Waals surface area contributed by atoms with Crippen LogP contribution in [0.4, 0.5) is 0 Å². The molecule has 4 heteroatoms. The molecule has 0 aliphatic rings. The predicted molar refractivity (Wildman–Crippen MR) is 93.7 cm³/mol. The molecule has 0 atom stereocenters. The highest BCUT2D eigenvalue weighted by Crippen LogP contribution is 2.37. The van der Waals surface area contributed by atoms with Crippen molar-refractivity contribution in [2.24, 2.45) is 0 Å². The minimum Gasteiger partial charge on any atom is -0.379 e. The van der Waals surface area contributed by atoms with Crippen LogP contribution >= 0.6 is 47.8 Å². The lowest BCUT2D eigenvalue weighted by Gasteiger charge is -2.34. The normalized spacial score (nSPS) is 12.7. The molecule has 0 unspecified atom stereocenters. The van der Waals surface area contributed by atoms with Gasteiger partial charge in [0.1, 0.15) is 0 Å². The zero-order chi connectivity index (χ0) is 14.5. The molecule has 108 valence electrons. The van der Waals surface area contributed by atoms with Gasteiger partial charge in [-0.3, -0.25) is 0 Å². The van der Waals surface area contributed by atoms with Crippen molar-refractivity contribution < 1.29 is 4.74 Å². The molecule has 0 spiro atoms. The van der Waals surface area contributed by atoms with Crippen molar-refractivity contribution in [3.05, 3.63) is 34.3 Å². The first-order chi connectivity index (χ1) is 8.89. The van der Waals surface area contributed by atoms with Gasteiger partial charge in [-0.2, -0.15) is 0 Å². The van der Waals surface area contributed by atoms with E-state index in [1.807, 2.05) is 0 Å². The average molecular weight is 457 g/mol. The van der Waals surface area contributed by atoms with Gasteiger partial charge in [0, 0.05) is 27.7 Å². The summed E-state index contributed by atoms with van der Waals surface area (Å²) in [5.74, 6) is 0. The number of alkyl halides is 2. The van der Waals surface area contributed by atoms with E-state index in [2.05, 4.69) is 85.9 Å². The molecule has 1 rings (SSSR count). The molecule has 0 amide bonds. The molecule has 1 nitrogen and oxygen atoms in total. The molecule has 19 heavy (non-hydrogen) atoms.